The largest absolute Gasteiger partial charge is 0.0729 e. The summed E-state index contributed by atoms with van der Waals surface area (Å²) < 4.78 is 0. The number of hydrogen-bond donors (Lipinski definition) is 0. The molecule has 1 heteroatoms. The summed E-state index contributed by atoms with van der Waals surface area (Å²) in [6, 6.07) is 0. The zero-order valence-corrected chi connectivity index (χ0v) is 5.33. The first-order chi connectivity index (χ1) is 3.93. The first-order valence-electron chi connectivity index (χ1n) is 2.74. The molecule has 0 amide bonds. The summed E-state index contributed by atoms with van der Waals surface area (Å²) in [5.74, 6) is 2.82. The lowest BCUT2D eigenvalue weighted by molar-refractivity contribution is 0.919. The second kappa shape index (κ2) is 2.79. The van der Waals surface area contributed by atoms with Gasteiger partial charge in [0.05, 0.1) is 0 Å². The molecule has 0 nitrogen and oxygen atoms in total. The Morgan fingerprint density at radius 3 is 3.00 bits per heavy atom. The normalized spacial score (nSPS) is 16.9. The third-order valence-electron chi connectivity index (χ3n) is 1.25. The lowest BCUT2D eigenvalue weighted by Crippen LogP contribution is -1.65. The molecule has 0 fully saturated rings. The highest BCUT2D eigenvalue weighted by atomic mass is 35.5. The predicted molar refractivity (Wildman–Crippen MR) is 35.6 cm³/mol. The minimum Gasteiger partial charge on any atom is -0.0729 e. The fourth-order valence-corrected chi connectivity index (χ4v) is 0.966. The highest BCUT2D eigenvalue weighted by Gasteiger charge is 1.98. The lowest BCUT2D eigenvalue weighted by Gasteiger charge is -1.80. The summed E-state index contributed by atoms with van der Waals surface area (Å²) in [6.07, 6.45) is 5.71. The van der Waals surface area contributed by atoms with Gasteiger partial charge in [-0.05, 0) is 36.4 Å². The van der Waals surface area contributed by atoms with Gasteiger partial charge in [0.25, 0.3) is 0 Å². The fraction of sp³-hybridized carbons (Fsp3) is 0.429. The standard InChI is InChI=1S/C7H7Cl/c8-6-5-7-3-1-2-4-7/h3H,1-2,4H2. The van der Waals surface area contributed by atoms with E-state index in [0.717, 1.165) is 6.42 Å². The third-order valence-corrected chi connectivity index (χ3v) is 1.34. The molecule has 0 unspecified atom stereocenters. The summed E-state index contributed by atoms with van der Waals surface area (Å²) in [5, 5.41) is 2.36. The summed E-state index contributed by atoms with van der Waals surface area (Å²) in [6.45, 7) is 0. The van der Waals surface area contributed by atoms with Crippen LogP contribution in [0.25, 0.3) is 0 Å². The van der Waals surface area contributed by atoms with E-state index in [1.54, 1.807) is 0 Å². The molecule has 0 radical (unpaired) electrons. The Bertz CT molecular complexity index is 157. The zero-order chi connectivity index (χ0) is 5.82. The molecule has 1 aliphatic carbocycles. The molecule has 0 aliphatic heterocycles. The second-order valence-corrected chi connectivity index (χ2v) is 2.03. The molecule has 0 spiro atoms. The van der Waals surface area contributed by atoms with Gasteiger partial charge in [-0.25, -0.2) is 0 Å². The van der Waals surface area contributed by atoms with Crippen molar-refractivity contribution in [1.82, 2.24) is 0 Å². The van der Waals surface area contributed by atoms with E-state index in [1.807, 2.05) is 0 Å². The van der Waals surface area contributed by atoms with Gasteiger partial charge in [-0.15, -0.1) is 0 Å². The number of allylic oxidation sites excluding steroid dienone is 2. The number of halogens is 1. The molecule has 0 aromatic heterocycles. The molecule has 0 aromatic rings. The van der Waals surface area contributed by atoms with Crippen LogP contribution in [-0.4, -0.2) is 0 Å². The van der Waals surface area contributed by atoms with Crippen LogP contribution in [0, 0.1) is 11.3 Å². The van der Waals surface area contributed by atoms with Crippen molar-refractivity contribution in [1.29, 1.82) is 0 Å². The Morgan fingerprint density at radius 2 is 2.50 bits per heavy atom. The van der Waals surface area contributed by atoms with Gasteiger partial charge in [0.2, 0.25) is 0 Å². The van der Waals surface area contributed by atoms with E-state index in [9.17, 15) is 0 Å². The molecule has 42 valence electrons. The average Bonchev–Trinajstić information content (AvgIpc) is 2.19. The molecule has 1 rings (SSSR count). The van der Waals surface area contributed by atoms with E-state index in [0.29, 0.717) is 0 Å². The maximum atomic E-state index is 5.18. The molecule has 8 heavy (non-hydrogen) atoms. The Kier molecular flexibility index (Phi) is 2.00. The van der Waals surface area contributed by atoms with Crippen LogP contribution < -0.4 is 0 Å². The maximum absolute atomic E-state index is 5.18. The highest BCUT2D eigenvalue weighted by molar-refractivity contribution is 6.30. The topological polar surface area (TPSA) is 0 Å². The van der Waals surface area contributed by atoms with E-state index in [4.69, 9.17) is 11.6 Å². The van der Waals surface area contributed by atoms with Crippen LogP contribution >= 0.6 is 11.6 Å². The van der Waals surface area contributed by atoms with Crippen molar-refractivity contribution < 1.29 is 0 Å². The minimum absolute atomic E-state index is 1.12. The van der Waals surface area contributed by atoms with E-state index in [2.05, 4.69) is 17.4 Å². The highest BCUT2D eigenvalue weighted by Crippen LogP contribution is 2.15. The van der Waals surface area contributed by atoms with E-state index < -0.39 is 0 Å². The van der Waals surface area contributed by atoms with E-state index in [-0.39, 0.29) is 0 Å². The van der Waals surface area contributed by atoms with Crippen molar-refractivity contribution in [3.05, 3.63) is 11.6 Å². The van der Waals surface area contributed by atoms with Gasteiger partial charge in [-0.3, -0.25) is 0 Å². The molecule has 0 saturated heterocycles. The van der Waals surface area contributed by atoms with Crippen LogP contribution in [0.4, 0.5) is 0 Å². The van der Waals surface area contributed by atoms with Gasteiger partial charge < -0.3 is 0 Å². The maximum Gasteiger partial charge on any atom is 0.00917 e. The van der Waals surface area contributed by atoms with Gasteiger partial charge in [0.1, 0.15) is 0 Å². The van der Waals surface area contributed by atoms with Crippen LogP contribution in [0.3, 0.4) is 0 Å². The van der Waals surface area contributed by atoms with Crippen molar-refractivity contribution in [2.75, 3.05) is 0 Å². The molecule has 0 N–H and O–H groups in total. The third kappa shape index (κ3) is 1.28. The van der Waals surface area contributed by atoms with Gasteiger partial charge >= 0.3 is 0 Å². The Hall–Kier alpha value is -0.410. The van der Waals surface area contributed by atoms with E-state index >= 15 is 0 Å². The first-order valence-corrected chi connectivity index (χ1v) is 3.12. The smallest absolute Gasteiger partial charge is 0.00917 e. The average molecular weight is 127 g/mol. The monoisotopic (exact) mass is 126 g/mol. The molecule has 0 bridgehead atoms. The van der Waals surface area contributed by atoms with Crippen LogP contribution in [0.15, 0.2) is 11.6 Å². The first kappa shape index (κ1) is 5.72. The number of rotatable bonds is 0. The summed E-state index contributed by atoms with van der Waals surface area (Å²) in [5.41, 5.74) is 1.21. The predicted octanol–water partition coefficient (Wildman–Crippen LogP) is 2.30. The minimum atomic E-state index is 1.12. The van der Waals surface area contributed by atoms with Gasteiger partial charge in [0, 0.05) is 5.38 Å². The van der Waals surface area contributed by atoms with Crippen LogP contribution in [0.1, 0.15) is 19.3 Å². The molecule has 1 aliphatic rings. The fourth-order valence-electron chi connectivity index (χ4n) is 0.845. The Morgan fingerprint density at radius 1 is 1.62 bits per heavy atom. The van der Waals surface area contributed by atoms with Crippen LogP contribution in [-0.2, 0) is 0 Å². The molecular formula is C7H7Cl. The van der Waals surface area contributed by atoms with Gasteiger partial charge in [-0.2, -0.15) is 0 Å². The van der Waals surface area contributed by atoms with Crippen molar-refractivity contribution in [3.8, 4) is 11.3 Å². The second-order valence-electron chi connectivity index (χ2n) is 1.84. The Balaban J connectivity index is 2.53. The summed E-state index contributed by atoms with van der Waals surface area (Å²) >= 11 is 5.18. The Labute approximate surface area is 54.5 Å². The lowest BCUT2D eigenvalue weighted by atomic mass is 10.2. The SMILES string of the molecule is ClC#CC1=CCCC1. The zero-order valence-electron chi connectivity index (χ0n) is 4.58. The van der Waals surface area contributed by atoms with Crippen molar-refractivity contribution in [2.45, 2.75) is 19.3 Å². The van der Waals surface area contributed by atoms with Crippen molar-refractivity contribution in [3.63, 3.8) is 0 Å². The number of hydrogen-bond acceptors (Lipinski definition) is 0. The summed E-state index contributed by atoms with van der Waals surface area (Å²) in [4.78, 5) is 0. The van der Waals surface area contributed by atoms with E-state index in [1.165, 1.54) is 18.4 Å². The van der Waals surface area contributed by atoms with Crippen molar-refractivity contribution in [2.24, 2.45) is 0 Å². The molecular weight excluding hydrogens is 120 g/mol. The quantitative estimate of drug-likeness (QED) is 0.437. The molecule has 0 atom stereocenters. The molecule has 0 heterocycles. The molecule has 0 saturated carbocycles. The van der Waals surface area contributed by atoms with Crippen molar-refractivity contribution >= 4 is 11.6 Å². The van der Waals surface area contributed by atoms with Gasteiger partial charge in [-0.1, -0.05) is 12.0 Å². The van der Waals surface area contributed by atoms with Gasteiger partial charge in [0.15, 0.2) is 0 Å². The summed E-state index contributed by atoms with van der Waals surface area (Å²) in [7, 11) is 0. The van der Waals surface area contributed by atoms with Crippen LogP contribution in [0.5, 0.6) is 0 Å². The molecule has 0 aromatic carbocycles. The van der Waals surface area contributed by atoms with Crippen LogP contribution in [0.2, 0.25) is 0 Å².